The highest BCUT2D eigenvalue weighted by Gasteiger charge is 2.60. The third kappa shape index (κ3) is 3.62. The fourth-order valence-electron chi connectivity index (χ4n) is 8.19. The summed E-state index contributed by atoms with van der Waals surface area (Å²) in [6.45, 7) is 5.92. The standard InChI is InChI=1S/C29H40O2S/c1-27-14-12-22(31-19-20-6-4-3-5-7-20)18-21(27)8-9-23-24-10-11-26(32-29(30)16-17-29)28(24,2)15-13-25(23)27/h3-8,22-26,30H,9-19H2,1-2H3/t22-,23-,24-,25-,26-,27-,28-/m0/s1. The van der Waals surface area contributed by atoms with Gasteiger partial charge in [0.1, 0.15) is 4.93 Å². The Balaban J connectivity index is 1.15. The summed E-state index contributed by atoms with van der Waals surface area (Å²) < 4.78 is 6.38. The molecule has 0 saturated heterocycles. The number of rotatable bonds is 5. The van der Waals surface area contributed by atoms with Crippen LogP contribution < -0.4 is 0 Å². The minimum atomic E-state index is -0.372. The van der Waals surface area contributed by atoms with E-state index >= 15 is 0 Å². The maximum absolute atomic E-state index is 10.6. The van der Waals surface area contributed by atoms with Gasteiger partial charge in [0.2, 0.25) is 0 Å². The number of aliphatic hydroxyl groups is 1. The molecule has 5 aliphatic carbocycles. The molecule has 4 saturated carbocycles. The van der Waals surface area contributed by atoms with Crippen molar-refractivity contribution in [2.24, 2.45) is 28.6 Å². The van der Waals surface area contributed by atoms with Crippen LogP contribution >= 0.6 is 11.8 Å². The Labute approximate surface area is 198 Å². The summed E-state index contributed by atoms with van der Waals surface area (Å²) in [5.74, 6) is 2.55. The summed E-state index contributed by atoms with van der Waals surface area (Å²) >= 11 is 1.95. The van der Waals surface area contributed by atoms with Gasteiger partial charge in [0.05, 0.1) is 12.7 Å². The Hall–Kier alpha value is -0.770. The van der Waals surface area contributed by atoms with Crippen LogP contribution in [0, 0.1) is 28.6 Å². The number of hydrogen-bond acceptors (Lipinski definition) is 3. The normalized spacial score (nSPS) is 44.2. The molecule has 0 spiro atoms. The van der Waals surface area contributed by atoms with E-state index in [-0.39, 0.29) is 4.93 Å². The first-order valence-electron chi connectivity index (χ1n) is 13.1. The van der Waals surface area contributed by atoms with Gasteiger partial charge in [-0.25, -0.2) is 0 Å². The van der Waals surface area contributed by atoms with Crippen LogP contribution in [0.4, 0.5) is 0 Å². The molecule has 2 nitrogen and oxygen atoms in total. The second-order valence-corrected chi connectivity index (χ2v) is 13.7. The lowest BCUT2D eigenvalue weighted by Gasteiger charge is -2.58. The van der Waals surface area contributed by atoms with Crippen LogP contribution in [-0.2, 0) is 11.3 Å². The van der Waals surface area contributed by atoms with Crippen molar-refractivity contribution in [2.75, 3.05) is 0 Å². The van der Waals surface area contributed by atoms with E-state index in [9.17, 15) is 5.11 Å². The molecule has 4 fully saturated rings. The van der Waals surface area contributed by atoms with E-state index in [1.165, 1.54) is 50.5 Å². The largest absolute Gasteiger partial charge is 0.379 e. The molecule has 7 atom stereocenters. The summed E-state index contributed by atoms with van der Waals surface area (Å²) in [6.07, 6.45) is 15.4. The Bertz CT molecular complexity index is 876. The molecule has 174 valence electrons. The third-order valence-electron chi connectivity index (χ3n) is 10.3. The maximum atomic E-state index is 10.6. The molecule has 0 aliphatic heterocycles. The zero-order valence-corrected chi connectivity index (χ0v) is 20.7. The van der Waals surface area contributed by atoms with Crippen molar-refractivity contribution in [1.82, 2.24) is 0 Å². The number of hydrogen-bond donors (Lipinski definition) is 1. The van der Waals surface area contributed by atoms with E-state index in [4.69, 9.17) is 4.74 Å². The topological polar surface area (TPSA) is 29.5 Å². The van der Waals surface area contributed by atoms with Gasteiger partial charge in [-0.15, -0.1) is 11.8 Å². The summed E-state index contributed by atoms with van der Waals surface area (Å²) in [6, 6.07) is 10.6. The van der Waals surface area contributed by atoms with Gasteiger partial charge in [0.15, 0.2) is 0 Å². The second-order valence-electron chi connectivity index (χ2n) is 12.1. The highest BCUT2D eigenvalue weighted by atomic mass is 32.2. The van der Waals surface area contributed by atoms with Crippen molar-refractivity contribution in [3.8, 4) is 0 Å². The second kappa shape index (κ2) is 7.89. The van der Waals surface area contributed by atoms with Crippen molar-refractivity contribution in [3.05, 3.63) is 47.5 Å². The molecule has 1 aromatic carbocycles. The fourth-order valence-corrected chi connectivity index (χ4v) is 9.88. The van der Waals surface area contributed by atoms with Gasteiger partial charge in [-0.3, -0.25) is 0 Å². The van der Waals surface area contributed by atoms with Crippen molar-refractivity contribution in [1.29, 1.82) is 0 Å². The van der Waals surface area contributed by atoms with E-state index in [0.29, 0.717) is 22.2 Å². The average molecular weight is 453 g/mol. The Kier molecular flexibility index (Phi) is 5.36. The Morgan fingerprint density at radius 2 is 1.78 bits per heavy atom. The minimum absolute atomic E-state index is 0.372. The molecule has 32 heavy (non-hydrogen) atoms. The highest BCUT2D eigenvalue weighted by molar-refractivity contribution is 8.01. The van der Waals surface area contributed by atoms with Crippen LogP contribution in [0.5, 0.6) is 0 Å². The molecule has 0 bridgehead atoms. The van der Waals surface area contributed by atoms with Gasteiger partial charge in [-0.2, -0.15) is 0 Å². The van der Waals surface area contributed by atoms with Crippen molar-refractivity contribution in [3.63, 3.8) is 0 Å². The van der Waals surface area contributed by atoms with Crippen LogP contribution in [0.15, 0.2) is 42.0 Å². The molecular weight excluding hydrogens is 412 g/mol. The van der Waals surface area contributed by atoms with Gasteiger partial charge in [0.25, 0.3) is 0 Å². The zero-order valence-electron chi connectivity index (χ0n) is 19.9. The van der Waals surface area contributed by atoms with E-state index in [1.807, 2.05) is 11.8 Å². The lowest BCUT2D eigenvalue weighted by molar-refractivity contribution is -0.0492. The van der Waals surface area contributed by atoms with Crippen molar-refractivity contribution < 1.29 is 9.84 Å². The van der Waals surface area contributed by atoms with E-state index in [0.717, 1.165) is 43.6 Å². The number of benzene rings is 1. The monoisotopic (exact) mass is 452 g/mol. The highest BCUT2D eigenvalue weighted by Crippen LogP contribution is 2.68. The van der Waals surface area contributed by atoms with Gasteiger partial charge >= 0.3 is 0 Å². The van der Waals surface area contributed by atoms with Gasteiger partial charge in [-0.1, -0.05) is 55.8 Å². The summed E-state index contributed by atoms with van der Waals surface area (Å²) in [5.41, 5.74) is 3.82. The van der Waals surface area contributed by atoms with Crippen LogP contribution in [0.2, 0.25) is 0 Å². The molecule has 6 rings (SSSR count). The maximum Gasteiger partial charge on any atom is 0.111 e. The molecule has 1 N–H and O–H groups in total. The van der Waals surface area contributed by atoms with E-state index in [2.05, 4.69) is 50.3 Å². The average Bonchev–Trinajstić information content (AvgIpc) is 3.43. The quantitative estimate of drug-likeness (QED) is 0.381. The van der Waals surface area contributed by atoms with Crippen LogP contribution in [0.3, 0.4) is 0 Å². The predicted octanol–water partition coefficient (Wildman–Crippen LogP) is 7.12. The van der Waals surface area contributed by atoms with Gasteiger partial charge < -0.3 is 9.84 Å². The zero-order chi connectivity index (χ0) is 22.0. The summed E-state index contributed by atoms with van der Waals surface area (Å²) in [7, 11) is 0. The number of thioether (sulfide) groups is 1. The number of ether oxygens (including phenoxy) is 1. The molecule has 0 amide bonds. The number of allylic oxidation sites excluding steroid dienone is 1. The Morgan fingerprint density at radius 3 is 2.56 bits per heavy atom. The molecule has 0 heterocycles. The summed E-state index contributed by atoms with van der Waals surface area (Å²) in [5, 5.41) is 11.3. The first-order valence-corrected chi connectivity index (χ1v) is 14.0. The molecule has 0 aromatic heterocycles. The molecular formula is C29H40O2S. The SMILES string of the molecule is C[C@]12CC[C@H]3[C@@H](CC=C4C[C@@H](OCc5ccccc5)CC[C@@]43C)[C@@H]1CC[C@@H]2SC1(O)CC1. The lowest BCUT2D eigenvalue weighted by atomic mass is 9.48. The van der Waals surface area contributed by atoms with Crippen molar-refractivity contribution >= 4 is 11.8 Å². The first-order chi connectivity index (χ1) is 15.4. The Morgan fingerprint density at radius 1 is 0.969 bits per heavy atom. The smallest absolute Gasteiger partial charge is 0.111 e. The molecule has 1 aromatic rings. The molecule has 5 aliphatic rings. The molecule has 0 unspecified atom stereocenters. The third-order valence-corrected chi connectivity index (χ3v) is 12.2. The van der Waals surface area contributed by atoms with Crippen LogP contribution in [0.25, 0.3) is 0 Å². The lowest BCUT2D eigenvalue weighted by Crippen LogP contribution is -2.51. The van der Waals surface area contributed by atoms with Crippen LogP contribution in [0.1, 0.15) is 83.6 Å². The predicted molar refractivity (Wildman–Crippen MR) is 132 cm³/mol. The molecule has 0 radical (unpaired) electrons. The fraction of sp³-hybridized carbons (Fsp3) is 0.724. The van der Waals surface area contributed by atoms with Crippen molar-refractivity contribution in [2.45, 2.75) is 101 Å². The van der Waals surface area contributed by atoms with Gasteiger partial charge in [0, 0.05) is 5.25 Å². The van der Waals surface area contributed by atoms with Gasteiger partial charge in [-0.05, 0) is 98.4 Å². The van der Waals surface area contributed by atoms with E-state index in [1.54, 1.807) is 5.57 Å². The van der Waals surface area contributed by atoms with E-state index < -0.39 is 0 Å². The number of fused-ring (bicyclic) bond motifs is 5. The van der Waals surface area contributed by atoms with Crippen LogP contribution in [-0.4, -0.2) is 21.4 Å². The first kappa shape index (κ1) is 21.7. The summed E-state index contributed by atoms with van der Waals surface area (Å²) in [4.78, 5) is -0.372. The molecule has 3 heteroatoms. The minimum Gasteiger partial charge on any atom is -0.379 e.